The van der Waals surface area contributed by atoms with Gasteiger partial charge in [0.2, 0.25) is 0 Å². The number of thiophene rings is 1. The third-order valence-electron chi connectivity index (χ3n) is 4.13. The summed E-state index contributed by atoms with van der Waals surface area (Å²) >= 11 is 1.65. The Hall–Kier alpha value is -1.68. The first-order valence-electron chi connectivity index (χ1n) is 7.34. The van der Waals surface area contributed by atoms with Gasteiger partial charge in [0.1, 0.15) is 5.82 Å². The van der Waals surface area contributed by atoms with Crippen molar-refractivity contribution < 1.29 is 9.18 Å². The number of hydrogen-bond donors (Lipinski definition) is 1. The van der Waals surface area contributed by atoms with Crippen molar-refractivity contribution in [2.45, 2.75) is 31.7 Å². The average molecular weight is 303 g/mol. The van der Waals surface area contributed by atoms with E-state index in [2.05, 4.69) is 11.4 Å². The largest absolute Gasteiger partial charge is 0.344 e. The number of hydrogen-bond acceptors (Lipinski definition) is 2. The number of halogens is 1. The van der Waals surface area contributed by atoms with Gasteiger partial charge in [-0.25, -0.2) is 4.39 Å². The molecule has 1 aromatic heterocycles. The molecule has 3 rings (SSSR count). The molecule has 1 heterocycles. The SMILES string of the molecule is O=C(N[C@H](c1cccs1)C1CCCC1)c1ccccc1F. The lowest BCUT2D eigenvalue weighted by molar-refractivity contribution is 0.0918. The fourth-order valence-corrected chi connectivity index (χ4v) is 3.91. The second-order valence-corrected chi connectivity index (χ2v) is 6.47. The van der Waals surface area contributed by atoms with Gasteiger partial charge in [0.05, 0.1) is 11.6 Å². The lowest BCUT2D eigenvalue weighted by Crippen LogP contribution is -2.32. The maximum Gasteiger partial charge on any atom is 0.254 e. The summed E-state index contributed by atoms with van der Waals surface area (Å²) in [5, 5.41) is 5.07. The van der Waals surface area contributed by atoms with E-state index in [1.165, 1.54) is 25.0 Å². The van der Waals surface area contributed by atoms with Gasteiger partial charge in [0, 0.05) is 4.88 Å². The summed E-state index contributed by atoms with van der Waals surface area (Å²) in [7, 11) is 0. The molecular weight excluding hydrogens is 285 g/mol. The van der Waals surface area contributed by atoms with Crippen LogP contribution in [0.5, 0.6) is 0 Å². The van der Waals surface area contributed by atoms with Crippen molar-refractivity contribution in [1.82, 2.24) is 5.32 Å². The number of carbonyl (C=O) groups is 1. The number of nitrogens with one attached hydrogen (secondary N) is 1. The molecular formula is C17H18FNOS. The van der Waals surface area contributed by atoms with Crippen LogP contribution in [0.4, 0.5) is 4.39 Å². The topological polar surface area (TPSA) is 29.1 Å². The first kappa shape index (κ1) is 14.3. The molecule has 1 amide bonds. The molecule has 2 nitrogen and oxygen atoms in total. The van der Waals surface area contributed by atoms with Gasteiger partial charge in [0.15, 0.2) is 0 Å². The van der Waals surface area contributed by atoms with Gasteiger partial charge in [0.25, 0.3) is 5.91 Å². The predicted molar refractivity (Wildman–Crippen MR) is 82.9 cm³/mol. The minimum absolute atomic E-state index is 0.000365. The summed E-state index contributed by atoms with van der Waals surface area (Å²) in [6.07, 6.45) is 4.67. The van der Waals surface area contributed by atoms with Crippen molar-refractivity contribution >= 4 is 17.2 Å². The zero-order chi connectivity index (χ0) is 14.7. The number of carbonyl (C=O) groups excluding carboxylic acids is 1. The van der Waals surface area contributed by atoms with E-state index in [0.717, 1.165) is 17.7 Å². The van der Waals surface area contributed by atoms with E-state index >= 15 is 0 Å². The molecule has 0 saturated heterocycles. The average Bonchev–Trinajstić information content (AvgIpc) is 3.18. The summed E-state index contributed by atoms with van der Waals surface area (Å²) in [5.74, 6) is -0.330. The predicted octanol–water partition coefficient (Wildman–Crippen LogP) is 4.55. The van der Waals surface area contributed by atoms with Crippen LogP contribution in [0, 0.1) is 11.7 Å². The highest BCUT2D eigenvalue weighted by Crippen LogP contribution is 2.37. The molecule has 1 atom stereocenters. The standard InChI is InChI=1S/C17H18FNOS/c18-14-9-4-3-8-13(14)17(20)19-16(12-6-1-2-7-12)15-10-5-11-21-15/h3-5,8-12,16H,1-2,6-7H2,(H,19,20)/t16-/m0/s1. The molecule has 0 unspecified atom stereocenters. The van der Waals surface area contributed by atoms with Gasteiger partial charge in [-0.1, -0.05) is 31.0 Å². The number of benzene rings is 1. The van der Waals surface area contributed by atoms with E-state index in [4.69, 9.17) is 0 Å². The molecule has 1 aliphatic carbocycles. The van der Waals surface area contributed by atoms with Gasteiger partial charge in [-0.15, -0.1) is 11.3 Å². The fourth-order valence-electron chi connectivity index (χ4n) is 3.04. The van der Waals surface area contributed by atoms with E-state index in [9.17, 15) is 9.18 Å². The van der Waals surface area contributed by atoms with Gasteiger partial charge < -0.3 is 5.32 Å². The van der Waals surface area contributed by atoms with E-state index in [-0.39, 0.29) is 17.5 Å². The highest BCUT2D eigenvalue weighted by Gasteiger charge is 2.29. The zero-order valence-electron chi connectivity index (χ0n) is 11.7. The Labute approximate surface area is 128 Å². The molecule has 1 aliphatic rings. The Morgan fingerprint density at radius 3 is 2.62 bits per heavy atom. The number of amides is 1. The summed E-state index contributed by atoms with van der Waals surface area (Å²) < 4.78 is 13.8. The third kappa shape index (κ3) is 3.16. The molecule has 0 bridgehead atoms. The molecule has 1 N–H and O–H groups in total. The van der Waals surface area contributed by atoms with E-state index in [1.54, 1.807) is 23.5 Å². The maximum atomic E-state index is 13.8. The van der Waals surface area contributed by atoms with Crippen LogP contribution in [0.25, 0.3) is 0 Å². The highest BCUT2D eigenvalue weighted by atomic mass is 32.1. The quantitative estimate of drug-likeness (QED) is 0.882. The van der Waals surface area contributed by atoms with Gasteiger partial charge in [-0.3, -0.25) is 4.79 Å². The Bertz CT molecular complexity index is 605. The lowest BCUT2D eigenvalue weighted by Gasteiger charge is -2.24. The molecule has 4 heteroatoms. The zero-order valence-corrected chi connectivity index (χ0v) is 12.5. The van der Waals surface area contributed by atoms with E-state index < -0.39 is 5.82 Å². The van der Waals surface area contributed by atoms with Crippen LogP contribution in [0.1, 0.15) is 47.0 Å². The third-order valence-corrected chi connectivity index (χ3v) is 5.08. The first-order valence-corrected chi connectivity index (χ1v) is 8.22. The van der Waals surface area contributed by atoms with Gasteiger partial charge in [-0.05, 0) is 42.3 Å². The minimum Gasteiger partial charge on any atom is -0.344 e. The Kier molecular flexibility index (Phi) is 4.34. The van der Waals surface area contributed by atoms with E-state index in [1.807, 2.05) is 11.4 Å². The van der Waals surface area contributed by atoms with Crippen LogP contribution in [0.15, 0.2) is 41.8 Å². The summed E-state index contributed by atoms with van der Waals surface area (Å²) in [5.41, 5.74) is 0.122. The lowest BCUT2D eigenvalue weighted by atomic mass is 9.96. The molecule has 0 aliphatic heterocycles. The molecule has 21 heavy (non-hydrogen) atoms. The Balaban J connectivity index is 1.81. The monoisotopic (exact) mass is 303 g/mol. The fraction of sp³-hybridized carbons (Fsp3) is 0.353. The van der Waals surface area contributed by atoms with Crippen LogP contribution in [-0.4, -0.2) is 5.91 Å². The van der Waals surface area contributed by atoms with Gasteiger partial charge in [-0.2, -0.15) is 0 Å². The second-order valence-electron chi connectivity index (χ2n) is 5.49. The summed E-state index contributed by atoms with van der Waals surface area (Å²) in [4.78, 5) is 13.5. The molecule has 0 spiro atoms. The van der Waals surface area contributed by atoms with Crippen molar-refractivity contribution in [3.8, 4) is 0 Å². The van der Waals surface area contributed by atoms with Crippen LogP contribution >= 0.6 is 11.3 Å². The van der Waals surface area contributed by atoms with Crippen LogP contribution in [0.2, 0.25) is 0 Å². The Morgan fingerprint density at radius 1 is 1.19 bits per heavy atom. The van der Waals surface area contributed by atoms with Crippen molar-refractivity contribution in [1.29, 1.82) is 0 Å². The molecule has 0 radical (unpaired) electrons. The van der Waals surface area contributed by atoms with Crippen molar-refractivity contribution in [2.24, 2.45) is 5.92 Å². The molecule has 1 saturated carbocycles. The van der Waals surface area contributed by atoms with Crippen molar-refractivity contribution in [3.05, 3.63) is 58.0 Å². The summed E-state index contributed by atoms with van der Waals surface area (Å²) in [6, 6.07) is 10.2. The Morgan fingerprint density at radius 2 is 1.95 bits per heavy atom. The smallest absolute Gasteiger partial charge is 0.254 e. The molecule has 110 valence electrons. The second kappa shape index (κ2) is 6.39. The number of rotatable bonds is 4. The minimum atomic E-state index is -0.466. The van der Waals surface area contributed by atoms with Crippen LogP contribution in [0.3, 0.4) is 0 Å². The van der Waals surface area contributed by atoms with Crippen molar-refractivity contribution in [3.63, 3.8) is 0 Å². The van der Waals surface area contributed by atoms with Crippen LogP contribution in [-0.2, 0) is 0 Å². The van der Waals surface area contributed by atoms with E-state index in [0.29, 0.717) is 5.92 Å². The normalized spacial score (nSPS) is 16.8. The molecule has 2 aromatic rings. The molecule has 1 fully saturated rings. The first-order chi connectivity index (χ1) is 10.3. The van der Waals surface area contributed by atoms with Gasteiger partial charge >= 0.3 is 0 Å². The maximum absolute atomic E-state index is 13.8. The summed E-state index contributed by atoms with van der Waals surface area (Å²) in [6.45, 7) is 0. The van der Waals surface area contributed by atoms with Crippen molar-refractivity contribution in [2.75, 3.05) is 0 Å². The van der Waals surface area contributed by atoms with Crippen LogP contribution < -0.4 is 5.32 Å². The highest BCUT2D eigenvalue weighted by molar-refractivity contribution is 7.10. The molecule has 1 aromatic carbocycles.